The van der Waals surface area contributed by atoms with Crippen molar-refractivity contribution in [2.24, 2.45) is 0 Å². The highest BCUT2D eigenvalue weighted by Crippen LogP contribution is 2.36. The van der Waals surface area contributed by atoms with Crippen molar-refractivity contribution in [1.29, 1.82) is 0 Å². The summed E-state index contributed by atoms with van der Waals surface area (Å²) in [6.07, 6.45) is 3.19. The van der Waals surface area contributed by atoms with Gasteiger partial charge in [0.15, 0.2) is 0 Å². The first-order chi connectivity index (χ1) is 10.9. The number of ether oxygens (including phenoxy) is 1. The van der Waals surface area contributed by atoms with Crippen molar-refractivity contribution < 1.29 is 9.13 Å². The second-order valence-corrected chi connectivity index (χ2v) is 8.16. The molecule has 2 aliphatic rings. The van der Waals surface area contributed by atoms with Gasteiger partial charge in [-0.05, 0) is 46.1 Å². The lowest BCUT2D eigenvalue weighted by atomic mass is 9.86. The van der Waals surface area contributed by atoms with Crippen molar-refractivity contribution in [1.82, 2.24) is 10.2 Å². The van der Waals surface area contributed by atoms with Gasteiger partial charge in [0.2, 0.25) is 0 Å². The van der Waals surface area contributed by atoms with Crippen LogP contribution in [0.5, 0.6) is 0 Å². The van der Waals surface area contributed by atoms with Gasteiger partial charge in [0.25, 0.3) is 0 Å². The molecule has 2 heterocycles. The first-order valence-corrected chi connectivity index (χ1v) is 8.73. The van der Waals surface area contributed by atoms with Gasteiger partial charge >= 0.3 is 0 Å². The highest BCUT2D eigenvalue weighted by atomic mass is 19.1. The number of halogens is 1. The summed E-state index contributed by atoms with van der Waals surface area (Å²) in [5, 5.41) is 3.66. The van der Waals surface area contributed by atoms with E-state index in [4.69, 9.17) is 4.74 Å². The maximum Gasteiger partial charge on any atom is 0.127 e. The predicted molar refractivity (Wildman–Crippen MR) is 90.9 cm³/mol. The van der Waals surface area contributed by atoms with Crippen LogP contribution in [-0.2, 0) is 11.3 Å². The number of likely N-dealkylation sites (tertiary alicyclic amines) is 1. The Bertz CT molecular complexity index is 532. The molecule has 1 aromatic carbocycles. The number of piperidine rings is 1. The van der Waals surface area contributed by atoms with Gasteiger partial charge in [0, 0.05) is 36.8 Å². The van der Waals surface area contributed by atoms with E-state index in [-0.39, 0.29) is 17.0 Å². The Labute approximate surface area is 139 Å². The molecule has 128 valence electrons. The summed E-state index contributed by atoms with van der Waals surface area (Å²) in [6.45, 7) is 10.1. The predicted octanol–water partition coefficient (Wildman–Crippen LogP) is 3.34. The number of hydrogen-bond donors (Lipinski definition) is 1. The summed E-state index contributed by atoms with van der Waals surface area (Å²) in [4.78, 5) is 2.34. The number of benzene rings is 1. The van der Waals surface area contributed by atoms with E-state index in [1.807, 2.05) is 12.1 Å². The second kappa shape index (κ2) is 6.50. The van der Waals surface area contributed by atoms with Crippen LogP contribution in [0.15, 0.2) is 24.3 Å². The second-order valence-electron chi connectivity index (χ2n) is 8.16. The molecule has 2 fully saturated rings. The first kappa shape index (κ1) is 16.9. The minimum atomic E-state index is -0.0978. The van der Waals surface area contributed by atoms with Crippen LogP contribution in [0.1, 0.15) is 45.6 Å². The Morgan fingerprint density at radius 1 is 1.26 bits per heavy atom. The molecule has 3 rings (SSSR count). The molecular weight excluding hydrogens is 291 g/mol. The molecule has 0 bridgehead atoms. The zero-order chi connectivity index (χ0) is 16.5. The van der Waals surface area contributed by atoms with Crippen molar-refractivity contribution in [2.75, 3.05) is 19.7 Å². The number of nitrogens with zero attached hydrogens (tertiary/aromatic N) is 1. The summed E-state index contributed by atoms with van der Waals surface area (Å²) >= 11 is 0. The summed E-state index contributed by atoms with van der Waals surface area (Å²) in [7, 11) is 0. The third-order valence-corrected chi connectivity index (χ3v) is 4.97. The van der Waals surface area contributed by atoms with E-state index in [9.17, 15) is 4.39 Å². The molecule has 2 aliphatic heterocycles. The lowest BCUT2D eigenvalue weighted by Gasteiger charge is -2.39. The molecule has 1 unspecified atom stereocenters. The largest absolute Gasteiger partial charge is 0.373 e. The molecule has 1 aromatic rings. The monoisotopic (exact) mass is 320 g/mol. The van der Waals surface area contributed by atoms with Crippen LogP contribution in [0.25, 0.3) is 0 Å². The van der Waals surface area contributed by atoms with Crippen molar-refractivity contribution in [3.63, 3.8) is 0 Å². The molecule has 23 heavy (non-hydrogen) atoms. The van der Waals surface area contributed by atoms with E-state index < -0.39 is 0 Å². The Balaban J connectivity index is 1.52. The van der Waals surface area contributed by atoms with Gasteiger partial charge in [0.1, 0.15) is 5.82 Å². The van der Waals surface area contributed by atoms with E-state index >= 15 is 0 Å². The summed E-state index contributed by atoms with van der Waals surface area (Å²) < 4.78 is 20.0. The normalized spacial score (nSPS) is 25.1. The lowest BCUT2D eigenvalue weighted by molar-refractivity contribution is -0.0451. The van der Waals surface area contributed by atoms with Gasteiger partial charge in [-0.1, -0.05) is 18.2 Å². The molecule has 0 radical (unpaired) electrons. The average Bonchev–Trinajstić information content (AvgIpc) is 2.85. The molecule has 3 nitrogen and oxygen atoms in total. The Morgan fingerprint density at radius 2 is 1.96 bits per heavy atom. The van der Waals surface area contributed by atoms with Crippen LogP contribution in [0.2, 0.25) is 0 Å². The van der Waals surface area contributed by atoms with Gasteiger partial charge in [0.05, 0.1) is 12.2 Å². The Hall–Kier alpha value is -0.970. The fourth-order valence-electron chi connectivity index (χ4n) is 3.88. The van der Waals surface area contributed by atoms with Crippen molar-refractivity contribution >= 4 is 0 Å². The van der Waals surface area contributed by atoms with Gasteiger partial charge in [-0.3, -0.25) is 4.90 Å². The number of hydrogen-bond acceptors (Lipinski definition) is 3. The SMILES string of the molecule is CC(C)(C)NC1COC2(CCN(Cc3ccccc3F)CC2)C1. The standard InChI is InChI=1S/C19H29FN2O/c1-18(2,3)21-16-12-19(23-14-16)8-10-22(11-9-19)13-15-6-4-5-7-17(15)20/h4-7,16,21H,8-14H2,1-3H3. The number of rotatable bonds is 3. The average molecular weight is 320 g/mol. The van der Waals surface area contributed by atoms with Crippen molar-refractivity contribution in [3.05, 3.63) is 35.6 Å². The van der Waals surface area contributed by atoms with Crippen molar-refractivity contribution in [3.8, 4) is 0 Å². The number of nitrogens with one attached hydrogen (secondary N) is 1. The summed E-state index contributed by atoms with van der Waals surface area (Å²) in [5.41, 5.74) is 0.961. The summed E-state index contributed by atoms with van der Waals surface area (Å²) in [5.74, 6) is -0.0978. The smallest absolute Gasteiger partial charge is 0.127 e. The van der Waals surface area contributed by atoms with E-state index in [0.29, 0.717) is 12.6 Å². The van der Waals surface area contributed by atoms with E-state index in [2.05, 4.69) is 31.0 Å². The van der Waals surface area contributed by atoms with Crippen LogP contribution in [-0.4, -0.2) is 41.8 Å². The minimum Gasteiger partial charge on any atom is -0.373 e. The molecule has 0 saturated carbocycles. The van der Waals surface area contributed by atoms with Crippen LogP contribution in [0, 0.1) is 5.82 Å². The van der Waals surface area contributed by atoms with E-state index in [0.717, 1.165) is 44.5 Å². The highest BCUT2D eigenvalue weighted by molar-refractivity contribution is 5.17. The Morgan fingerprint density at radius 3 is 2.61 bits per heavy atom. The molecule has 0 aliphatic carbocycles. The maximum atomic E-state index is 13.8. The third kappa shape index (κ3) is 4.31. The van der Waals surface area contributed by atoms with Gasteiger partial charge in [-0.15, -0.1) is 0 Å². The third-order valence-electron chi connectivity index (χ3n) is 4.97. The molecule has 0 amide bonds. The molecule has 2 saturated heterocycles. The van der Waals surface area contributed by atoms with Gasteiger partial charge < -0.3 is 10.1 Å². The summed E-state index contributed by atoms with van der Waals surface area (Å²) in [6, 6.07) is 7.54. The zero-order valence-electron chi connectivity index (χ0n) is 14.6. The fraction of sp³-hybridized carbons (Fsp3) is 0.684. The topological polar surface area (TPSA) is 24.5 Å². The Kier molecular flexibility index (Phi) is 4.77. The fourth-order valence-corrected chi connectivity index (χ4v) is 3.88. The highest BCUT2D eigenvalue weighted by Gasteiger charge is 2.43. The lowest BCUT2D eigenvalue weighted by Crippen LogP contribution is -2.46. The van der Waals surface area contributed by atoms with Crippen LogP contribution >= 0.6 is 0 Å². The van der Waals surface area contributed by atoms with Gasteiger partial charge in [-0.25, -0.2) is 4.39 Å². The molecule has 1 N–H and O–H groups in total. The van der Waals surface area contributed by atoms with E-state index in [1.54, 1.807) is 12.1 Å². The quantitative estimate of drug-likeness (QED) is 0.924. The van der Waals surface area contributed by atoms with Gasteiger partial charge in [-0.2, -0.15) is 0 Å². The molecule has 4 heteroatoms. The van der Waals surface area contributed by atoms with Crippen molar-refractivity contribution in [2.45, 2.75) is 63.8 Å². The minimum absolute atomic E-state index is 0.0364. The van der Waals surface area contributed by atoms with E-state index in [1.165, 1.54) is 0 Å². The zero-order valence-corrected chi connectivity index (χ0v) is 14.6. The molecular formula is C19H29FN2O. The van der Waals surface area contributed by atoms with Crippen LogP contribution in [0.3, 0.4) is 0 Å². The molecule has 1 spiro atoms. The maximum absolute atomic E-state index is 13.8. The molecule has 1 atom stereocenters. The van der Waals surface area contributed by atoms with Crippen LogP contribution < -0.4 is 5.32 Å². The molecule has 0 aromatic heterocycles. The first-order valence-electron chi connectivity index (χ1n) is 8.73. The van der Waals surface area contributed by atoms with Crippen LogP contribution in [0.4, 0.5) is 4.39 Å².